The van der Waals surface area contributed by atoms with E-state index >= 15 is 0 Å². The van der Waals surface area contributed by atoms with Gasteiger partial charge in [-0.15, -0.1) is 0 Å². The van der Waals surface area contributed by atoms with Gasteiger partial charge in [-0.1, -0.05) is 37.3 Å². The summed E-state index contributed by atoms with van der Waals surface area (Å²) < 4.78 is 66.0. The average Bonchev–Trinajstić information content (AvgIpc) is 3.82. The van der Waals surface area contributed by atoms with Crippen molar-refractivity contribution in [2.24, 2.45) is 22.7 Å². The number of ketones is 3. The Bertz CT molecular complexity index is 2290. The second kappa shape index (κ2) is 24.9. The smallest absolute Gasteiger partial charge is 0.331 e. The first kappa shape index (κ1) is 60.6. The zero-order valence-electron chi connectivity index (χ0n) is 45.5. The summed E-state index contributed by atoms with van der Waals surface area (Å²) in [5.74, 6) is -3.41. The van der Waals surface area contributed by atoms with Crippen LogP contribution >= 0.6 is 0 Å². The number of rotatable bonds is 18. The number of carbonyl (C=O) groups excluding carboxylic acids is 4. The van der Waals surface area contributed by atoms with E-state index in [1.807, 2.05) is 6.07 Å². The van der Waals surface area contributed by atoms with E-state index in [4.69, 9.17) is 52.1 Å². The lowest BCUT2D eigenvalue weighted by Gasteiger charge is -2.55. The van der Waals surface area contributed by atoms with Crippen molar-refractivity contribution in [1.82, 2.24) is 0 Å². The summed E-state index contributed by atoms with van der Waals surface area (Å²) in [5.41, 5.74) is -3.67. The van der Waals surface area contributed by atoms with Crippen molar-refractivity contribution < 1.29 is 107 Å². The molecule has 7 aliphatic rings. The van der Waals surface area contributed by atoms with Gasteiger partial charge in [0.2, 0.25) is 0 Å². The normalized spacial score (nSPS) is 45.5. The SMILES string of the molecule is CO[C@H]1[C@H](O)[C@H](O[C@H]2[C@H](O)[C@@H](O)[C@H](O[C@H]3CC[C@]4(C)[C@@H](C[C@@H](OC(=O)/C=C/c5ccccc5)[C@@]5(C)C(=O)CC[C@@H]5C(C)=O)C(=O)C=C[C@]4(O)C3)O[C@@H]2CO)O[C@@H](C)[C@@H]1O[C@H]1C[C@H](O)[C@H](O[C@H]2C[C@H](OC)[C@H](O)[C@@H](C)O2)[C@@H](C)O1. The van der Waals surface area contributed by atoms with Crippen molar-refractivity contribution in [3.63, 3.8) is 0 Å². The lowest BCUT2D eigenvalue weighted by molar-refractivity contribution is -0.375. The van der Waals surface area contributed by atoms with Crippen LogP contribution in [-0.2, 0) is 71.3 Å². The highest BCUT2D eigenvalue weighted by molar-refractivity contribution is 5.97. The summed E-state index contributed by atoms with van der Waals surface area (Å²) in [4.78, 5) is 54.4. The largest absolute Gasteiger partial charge is 0.458 e. The summed E-state index contributed by atoms with van der Waals surface area (Å²) in [6, 6.07) is 9.03. The molecule has 0 amide bonds. The standard InChI is InChI=1S/C56H80O22/c1-27(58)33-15-16-39(61)55(33,6)40(75-41(62)17-14-31-12-10-9-11-13-31)22-34-35(59)19-21-56(67)25-32(18-20-54(34,56)5)73-52-46(65)45(64)50(38(26-57)74-52)78-53-47(66)51(69-8)49(30(4)72-53)77-42-23-36(60)48(29(3)71-42)76-43-24-37(68-7)44(63)28(2)70-43/h9-14,17,19,21,28-30,32-34,36-38,40,42-53,57,60,63-67H,15-16,18,20,22-26H2,1-8H3/b17-14+/t28-,29-,30+,32+,33-,34+,36+,37+,38-,40-,42+,43+,44-,45-,46-,47+,48-,49+,50-,51+,52-,53+,54-,55-,56+/m1/s1. The highest BCUT2D eigenvalue weighted by atomic mass is 16.8. The quantitative estimate of drug-likeness (QED) is 0.0806. The van der Waals surface area contributed by atoms with Crippen molar-refractivity contribution in [2.75, 3.05) is 20.8 Å². The van der Waals surface area contributed by atoms with Gasteiger partial charge in [-0.05, 0) is 84.1 Å². The van der Waals surface area contributed by atoms with Crippen molar-refractivity contribution in [3.05, 3.63) is 54.1 Å². The number of carbonyl (C=O) groups is 4. The Morgan fingerprint density at radius 3 is 2.10 bits per heavy atom. The number of hydrogen-bond donors (Lipinski definition) is 7. The van der Waals surface area contributed by atoms with Gasteiger partial charge in [0, 0.05) is 63.2 Å². The lowest BCUT2D eigenvalue weighted by atomic mass is 9.52. The number of hydrogen-bond acceptors (Lipinski definition) is 22. The molecule has 0 radical (unpaired) electrons. The van der Waals surface area contributed by atoms with Gasteiger partial charge in [-0.2, -0.15) is 0 Å². The van der Waals surface area contributed by atoms with E-state index in [1.165, 1.54) is 39.4 Å². The predicted molar refractivity (Wildman–Crippen MR) is 270 cm³/mol. The monoisotopic (exact) mass is 1100 g/mol. The first-order valence-electron chi connectivity index (χ1n) is 27.2. The third-order valence-electron chi connectivity index (χ3n) is 17.9. The Kier molecular flexibility index (Phi) is 19.4. The molecule has 0 unspecified atom stereocenters. The van der Waals surface area contributed by atoms with Crippen LogP contribution in [0.15, 0.2) is 48.6 Å². The lowest BCUT2D eigenvalue weighted by Crippen LogP contribution is -2.65. The van der Waals surface area contributed by atoms with Crippen LogP contribution in [0.4, 0.5) is 0 Å². The second-order valence-electron chi connectivity index (χ2n) is 22.7. The summed E-state index contributed by atoms with van der Waals surface area (Å²) in [7, 11) is 2.83. The molecule has 4 heterocycles. The fourth-order valence-corrected chi connectivity index (χ4v) is 13.1. The van der Waals surface area contributed by atoms with Crippen molar-refractivity contribution in [3.8, 4) is 0 Å². The molecule has 4 saturated heterocycles. The molecule has 3 aliphatic carbocycles. The Labute approximate surface area is 454 Å². The molecule has 78 heavy (non-hydrogen) atoms. The topological polar surface area (TPSA) is 311 Å². The van der Waals surface area contributed by atoms with E-state index in [-0.39, 0.29) is 68.7 Å². The van der Waals surface area contributed by atoms with Gasteiger partial charge in [-0.3, -0.25) is 14.4 Å². The zero-order chi connectivity index (χ0) is 56.6. The van der Waals surface area contributed by atoms with E-state index in [0.29, 0.717) is 0 Å². The number of aliphatic hydroxyl groups excluding tert-OH is 6. The molecule has 7 N–H and O–H groups in total. The minimum atomic E-state index is -1.79. The molecule has 1 aromatic carbocycles. The summed E-state index contributed by atoms with van der Waals surface area (Å²) in [6.45, 7) is 9.04. The Morgan fingerprint density at radius 2 is 1.44 bits per heavy atom. The number of ether oxygens (including phenoxy) is 11. The highest BCUT2D eigenvalue weighted by Gasteiger charge is 2.62. The van der Waals surface area contributed by atoms with Crippen LogP contribution in [0.3, 0.4) is 0 Å². The fourth-order valence-electron chi connectivity index (χ4n) is 13.1. The summed E-state index contributed by atoms with van der Waals surface area (Å²) >= 11 is 0. The van der Waals surface area contributed by atoms with E-state index in [9.17, 15) is 54.9 Å². The third-order valence-corrected chi connectivity index (χ3v) is 17.9. The van der Waals surface area contributed by atoms with Crippen LogP contribution in [0.2, 0.25) is 0 Å². The zero-order valence-corrected chi connectivity index (χ0v) is 45.5. The van der Waals surface area contributed by atoms with E-state index in [1.54, 1.807) is 65.0 Å². The van der Waals surface area contributed by atoms with Crippen molar-refractivity contribution >= 4 is 29.4 Å². The van der Waals surface area contributed by atoms with Gasteiger partial charge in [0.15, 0.2) is 30.9 Å². The second-order valence-corrected chi connectivity index (χ2v) is 22.7. The van der Waals surface area contributed by atoms with Crippen molar-refractivity contribution in [1.29, 1.82) is 0 Å². The molecule has 8 rings (SSSR count). The summed E-state index contributed by atoms with van der Waals surface area (Å²) in [5, 5.41) is 79.5. The van der Waals surface area contributed by atoms with E-state index < -0.39 is 164 Å². The van der Waals surface area contributed by atoms with Gasteiger partial charge in [-0.25, -0.2) is 4.79 Å². The van der Waals surface area contributed by atoms with Crippen LogP contribution in [0, 0.1) is 22.7 Å². The highest BCUT2D eigenvalue weighted by Crippen LogP contribution is 2.57. The first-order valence-corrected chi connectivity index (χ1v) is 27.2. The van der Waals surface area contributed by atoms with Crippen LogP contribution in [-0.4, -0.2) is 208 Å². The number of Topliss-reactive ketones (excluding diaryl/α,β-unsaturated/α-hetero) is 2. The van der Waals surface area contributed by atoms with E-state index in [0.717, 1.165) is 5.56 Å². The fraction of sp³-hybridized carbons (Fsp3) is 0.750. The number of fused-ring (bicyclic) bond motifs is 1. The van der Waals surface area contributed by atoms with Crippen LogP contribution in [0.5, 0.6) is 0 Å². The Balaban J connectivity index is 0.889. The molecule has 0 bridgehead atoms. The van der Waals surface area contributed by atoms with E-state index in [2.05, 4.69) is 0 Å². The number of esters is 1. The van der Waals surface area contributed by atoms with Gasteiger partial charge in [0.1, 0.15) is 72.6 Å². The molecule has 6 fully saturated rings. The average molecular weight is 1110 g/mol. The molecule has 22 nitrogen and oxygen atoms in total. The predicted octanol–water partition coefficient (Wildman–Crippen LogP) is 1.36. The molecule has 1 aromatic rings. The molecule has 0 spiro atoms. The Hall–Kier alpha value is -3.50. The maximum absolute atomic E-state index is 14.0. The number of allylic oxidation sites excluding steroid dienone is 1. The molecule has 436 valence electrons. The van der Waals surface area contributed by atoms with Gasteiger partial charge >= 0.3 is 5.97 Å². The Morgan fingerprint density at radius 1 is 0.769 bits per heavy atom. The molecule has 0 aromatic heterocycles. The van der Waals surface area contributed by atoms with Gasteiger partial charge in [0.25, 0.3) is 0 Å². The molecule has 2 saturated carbocycles. The van der Waals surface area contributed by atoms with Crippen LogP contribution in [0.25, 0.3) is 6.08 Å². The number of methoxy groups -OCH3 is 2. The maximum Gasteiger partial charge on any atom is 0.331 e. The summed E-state index contributed by atoms with van der Waals surface area (Å²) in [6.07, 6.45) is -16.3. The maximum atomic E-state index is 14.0. The molecule has 22 heteroatoms. The molecular formula is C56H80O22. The number of benzene rings is 1. The van der Waals surface area contributed by atoms with Crippen molar-refractivity contribution in [2.45, 2.75) is 221 Å². The number of aliphatic hydroxyl groups is 7. The van der Waals surface area contributed by atoms with Crippen LogP contribution in [0.1, 0.15) is 98.5 Å². The van der Waals surface area contributed by atoms with Gasteiger partial charge < -0.3 is 87.9 Å². The molecular weight excluding hydrogens is 1020 g/mol. The molecule has 25 atom stereocenters. The minimum Gasteiger partial charge on any atom is -0.458 e. The minimum absolute atomic E-state index is 0.0375. The van der Waals surface area contributed by atoms with Crippen LogP contribution < -0.4 is 0 Å². The molecule has 4 aliphatic heterocycles. The first-order chi connectivity index (χ1) is 37.0. The third kappa shape index (κ3) is 12.2. The van der Waals surface area contributed by atoms with Gasteiger partial charge in [0.05, 0.1) is 54.2 Å².